The highest BCUT2D eigenvalue weighted by molar-refractivity contribution is 5.76. The van der Waals surface area contributed by atoms with E-state index in [0.29, 0.717) is 5.56 Å². The van der Waals surface area contributed by atoms with Crippen molar-refractivity contribution in [2.75, 3.05) is 0 Å². The quantitative estimate of drug-likeness (QED) is 0.372. The Hall–Kier alpha value is -3.40. The van der Waals surface area contributed by atoms with E-state index in [1.807, 2.05) is 72.8 Å². The van der Waals surface area contributed by atoms with Gasteiger partial charge in [-0.05, 0) is 35.4 Å². The Bertz CT molecular complexity index is 1010. The minimum absolute atomic E-state index is 0.656. The van der Waals surface area contributed by atoms with Crippen LogP contribution in [0.4, 0.5) is 13.2 Å². The summed E-state index contributed by atoms with van der Waals surface area (Å²) in [5.74, 6) is 0. The molecule has 0 fully saturated rings. The highest BCUT2D eigenvalue weighted by atomic mass is 19.4. The summed E-state index contributed by atoms with van der Waals surface area (Å²) in [5, 5.41) is 0. The van der Waals surface area contributed by atoms with Crippen LogP contribution in [-0.4, -0.2) is 4.98 Å². The molecule has 0 aliphatic carbocycles. The first-order valence-electron chi connectivity index (χ1n) is 8.81. The third-order valence-corrected chi connectivity index (χ3v) is 4.51. The van der Waals surface area contributed by atoms with Gasteiger partial charge < -0.3 is 0 Å². The lowest BCUT2D eigenvalue weighted by molar-refractivity contribution is -0.137. The molecule has 0 N–H and O–H groups in total. The van der Waals surface area contributed by atoms with Crippen LogP contribution in [0.2, 0.25) is 0 Å². The number of rotatable bonds is 3. The molecule has 0 unspecified atom stereocenters. The molecule has 1 nitrogen and oxygen atoms in total. The van der Waals surface area contributed by atoms with Crippen LogP contribution < -0.4 is 0 Å². The molecule has 4 rings (SSSR count). The average molecular weight is 375 g/mol. The molecule has 0 spiro atoms. The predicted molar refractivity (Wildman–Crippen MR) is 106 cm³/mol. The van der Waals surface area contributed by atoms with Crippen molar-refractivity contribution in [1.29, 1.82) is 0 Å². The fourth-order valence-electron chi connectivity index (χ4n) is 3.06. The number of hydrogen-bond acceptors (Lipinski definition) is 1. The molecule has 0 saturated carbocycles. The standard InChI is InChI=1S/C24H16F3N/c25-24(26,27)21-13-11-17(12-14-21)20-15-22(18-7-3-1-4-8-18)28-23(16-20)19-9-5-2-6-10-19/h1-16H. The molecule has 0 radical (unpaired) electrons. The zero-order chi connectivity index (χ0) is 19.6. The summed E-state index contributed by atoms with van der Waals surface area (Å²) in [4.78, 5) is 4.78. The number of benzene rings is 3. The number of aromatic nitrogens is 1. The van der Waals surface area contributed by atoms with Gasteiger partial charge in [-0.3, -0.25) is 0 Å². The molecule has 0 aliphatic rings. The Morgan fingerprint density at radius 1 is 0.500 bits per heavy atom. The third-order valence-electron chi connectivity index (χ3n) is 4.51. The lowest BCUT2D eigenvalue weighted by atomic mass is 9.99. The van der Waals surface area contributed by atoms with Crippen LogP contribution in [0.15, 0.2) is 97.1 Å². The van der Waals surface area contributed by atoms with Gasteiger partial charge in [0.15, 0.2) is 0 Å². The van der Waals surface area contributed by atoms with Gasteiger partial charge >= 0.3 is 6.18 Å². The largest absolute Gasteiger partial charge is 0.416 e. The van der Waals surface area contributed by atoms with Crippen molar-refractivity contribution in [3.8, 4) is 33.6 Å². The Morgan fingerprint density at radius 2 is 0.964 bits per heavy atom. The second kappa shape index (κ2) is 7.31. The average Bonchev–Trinajstić information content (AvgIpc) is 2.74. The molecule has 138 valence electrons. The van der Waals surface area contributed by atoms with E-state index < -0.39 is 11.7 Å². The van der Waals surface area contributed by atoms with Crippen molar-refractivity contribution in [2.24, 2.45) is 0 Å². The van der Waals surface area contributed by atoms with Gasteiger partial charge in [-0.25, -0.2) is 4.98 Å². The van der Waals surface area contributed by atoms with Crippen LogP contribution >= 0.6 is 0 Å². The van der Waals surface area contributed by atoms with E-state index >= 15 is 0 Å². The van der Waals surface area contributed by atoms with Gasteiger partial charge in [0.2, 0.25) is 0 Å². The van der Waals surface area contributed by atoms with Crippen molar-refractivity contribution in [3.63, 3.8) is 0 Å². The number of halogens is 3. The summed E-state index contributed by atoms with van der Waals surface area (Å²) >= 11 is 0. The monoisotopic (exact) mass is 375 g/mol. The van der Waals surface area contributed by atoms with E-state index in [0.717, 1.165) is 40.2 Å². The first-order chi connectivity index (χ1) is 13.5. The lowest BCUT2D eigenvalue weighted by Crippen LogP contribution is -2.04. The van der Waals surface area contributed by atoms with Crippen LogP contribution in [0.3, 0.4) is 0 Å². The van der Waals surface area contributed by atoms with Gasteiger partial charge in [0.1, 0.15) is 0 Å². The first kappa shape index (κ1) is 18.0. The minimum Gasteiger partial charge on any atom is -0.248 e. The van der Waals surface area contributed by atoms with Crippen molar-refractivity contribution in [3.05, 3.63) is 103 Å². The molecule has 0 aliphatic heterocycles. The van der Waals surface area contributed by atoms with Crippen LogP contribution in [0, 0.1) is 0 Å². The normalized spacial score (nSPS) is 11.4. The second-order valence-electron chi connectivity index (χ2n) is 6.43. The highest BCUT2D eigenvalue weighted by Gasteiger charge is 2.30. The number of pyridine rings is 1. The zero-order valence-electron chi connectivity index (χ0n) is 14.8. The second-order valence-corrected chi connectivity index (χ2v) is 6.43. The van der Waals surface area contributed by atoms with E-state index in [1.54, 1.807) is 0 Å². The van der Waals surface area contributed by atoms with Crippen LogP contribution in [0.5, 0.6) is 0 Å². The molecule has 3 aromatic carbocycles. The summed E-state index contributed by atoms with van der Waals surface area (Å²) in [5.41, 5.74) is 4.33. The molecular formula is C24H16F3N. The maximum absolute atomic E-state index is 12.9. The number of nitrogens with zero attached hydrogens (tertiary/aromatic N) is 1. The van der Waals surface area contributed by atoms with Crippen LogP contribution in [-0.2, 0) is 6.18 Å². The van der Waals surface area contributed by atoms with Gasteiger partial charge in [-0.15, -0.1) is 0 Å². The van der Waals surface area contributed by atoms with Gasteiger partial charge in [0.25, 0.3) is 0 Å². The van der Waals surface area contributed by atoms with Gasteiger partial charge in [-0.1, -0.05) is 72.8 Å². The summed E-state index contributed by atoms with van der Waals surface area (Å²) < 4.78 is 38.6. The van der Waals surface area contributed by atoms with Crippen LogP contribution in [0.25, 0.3) is 33.6 Å². The lowest BCUT2D eigenvalue weighted by Gasteiger charge is -2.11. The minimum atomic E-state index is -4.35. The van der Waals surface area contributed by atoms with Crippen molar-refractivity contribution in [1.82, 2.24) is 4.98 Å². The molecule has 0 amide bonds. The predicted octanol–water partition coefficient (Wildman–Crippen LogP) is 7.10. The zero-order valence-corrected chi connectivity index (χ0v) is 14.8. The van der Waals surface area contributed by atoms with Crippen molar-refractivity contribution in [2.45, 2.75) is 6.18 Å². The third kappa shape index (κ3) is 3.81. The highest BCUT2D eigenvalue weighted by Crippen LogP contribution is 2.33. The Morgan fingerprint density at radius 3 is 1.39 bits per heavy atom. The topological polar surface area (TPSA) is 12.9 Å². The molecule has 4 heteroatoms. The Balaban J connectivity index is 1.85. The molecule has 1 heterocycles. The molecule has 4 aromatic rings. The smallest absolute Gasteiger partial charge is 0.248 e. The Kier molecular flexibility index (Phi) is 4.70. The van der Waals surface area contributed by atoms with E-state index in [4.69, 9.17) is 4.98 Å². The summed E-state index contributed by atoms with van der Waals surface area (Å²) in [6.07, 6.45) is -4.35. The SMILES string of the molecule is FC(F)(F)c1ccc(-c2cc(-c3ccccc3)nc(-c3ccccc3)c2)cc1. The fourth-order valence-corrected chi connectivity index (χ4v) is 3.06. The molecule has 28 heavy (non-hydrogen) atoms. The summed E-state index contributed by atoms with van der Waals surface area (Å²) in [6, 6.07) is 28.5. The molecule has 0 atom stereocenters. The summed E-state index contributed by atoms with van der Waals surface area (Å²) in [7, 11) is 0. The van der Waals surface area contributed by atoms with Crippen molar-refractivity contribution < 1.29 is 13.2 Å². The van der Waals surface area contributed by atoms with E-state index in [2.05, 4.69) is 0 Å². The number of hydrogen-bond donors (Lipinski definition) is 0. The van der Waals surface area contributed by atoms with Gasteiger partial charge in [-0.2, -0.15) is 13.2 Å². The van der Waals surface area contributed by atoms with Crippen LogP contribution in [0.1, 0.15) is 5.56 Å². The molecular weight excluding hydrogens is 359 g/mol. The fraction of sp³-hybridized carbons (Fsp3) is 0.0417. The maximum atomic E-state index is 12.9. The summed E-state index contributed by atoms with van der Waals surface area (Å²) in [6.45, 7) is 0. The van der Waals surface area contributed by atoms with E-state index in [1.165, 1.54) is 12.1 Å². The van der Waals surface area contributed by atoms with E-state index in [-0.39, 0.29) is 0 Å². The van der Waals surface area contributed by atoms with Crippen molar-refractivity contribution >= 4 is 0 Å². The van der Waals surface area contributed by atoms with Gasteiger partial charge in [0, 0.05) is 11.1 Å². The Labute approximate surface area is 161 Å². The molecule has 0 saturated heterocycles. The molecule has 0 bridgehead atoms. The first-order valence-corrected chi connectivity index (χ1v) is 8.81. The number of alkyl halides is 3. The molecule has 1 aromatic heterocycles. The van der Waals surface area contributed by atoms with Gasteiger partial charge in [0.05, 0.1) is 17.0 Å². The maximum Gasteiger partial charge on any atom is 0.416 e. The van der Waals surface area contributed by atoms with E-state index in [9.17, 15) is 13.2 Å².